The summed E-state index contributed by atoms with van der Waals surface area (Å²) in [6.45, 7) is 4.41. The fraction of sp³-hybridized carbons (Fsp3) is 0.0435. The quantitative estimate of drug-likeness (QED) is 0.241. The van der Waals surface area contributed by atoms with Crippen LogP contribution >= 0.6 is 11.3 Å². The van der Waals surface area contributed by atoms with Crippen molar-refractivity contribution < 1.29 is 4.42 Å². The fourth-order valence-electron chi connectivity index (χ4n) is 3.30. The van der Waals surface area contributed by atoms with Crippen LogP contribution in [0.15, 0.2) is 82.5 Å². The second-order valence-corrected chi connectivity index (χ2v) is 7.59. The molecule has 0 amide bonds. The lowest BCUT2D eigenvalue weighted by molar-refractivity contribution is 0.564. The number of fused-ring (bicyclic) bond motifs is 3. The summed E-state index contributed by atoms with van der Waals surface area (Å²) >= 11 is 1.50. The largest absolute Gasteiger partial charge is 0.422 e. The Balaban J connectivity index is 1.66. The molecule has 0 aliphatic carbocycles. The number of thiazole rings is 1. The van der Waals surface area contributed by atoms with Gasteiger partial charge in [0, 0.05) is 17.6 Å². The molecule has 0 spiro atoms. The van der Waals surface area contributed by atoms with Crippen molar-refractivity contribution in [2.45, 2.75) is 0 Å². The minimum absolute atomic E-state index is 0.369. The smallest absolute Gasteiger partial charge is 0.346 e. The Hall–Kier alpha value is -3.44. The van der Waals surface area contributed by atoms with Crippen molar-refractivity contribution in [2.75, 3.05) is 11.9 Å². The maximum absolute atomic E-state index is 12.6. The van der Waals surface area contributed by atoms with Crippen LogP contribution < -0.4 is 10.9 Å². The number of hydrogen-bond donors (Lipinski definition) is 1. The molecule has 0 unspecified atom stereocenters. The van der Waals surface area contributed by atoms with Crippen molar-refractivity contribution in [1.82, 2.24) is 4.98 Å². The highest BCUT2D eigenvalue weighted by Gasteiger charge is 2.13. The summed E-state index contributed by atoms with van der Waals surface area (Å²) < 4.78 is 6.70. The first-order valence-corrected chi connectivity index (χ1v) is 9.75. The molecule has 0 bridgehead atoms. The van der Waals surface area contributed by atoms with Crippen molar-refractivity contribution in [3.05, 3.63) is 83.7 Å². The Labute approximate surface area is 164 Å². The average molecular weight is 384 g/mol. The number of aromatic nitrogens is 1. The van der Waals surface area contributed by atoms with Gasteiger partial charge < -0.3 is 9.73 Å². The molecule has 5 heteroatoms. The Kier molecular flexibility index (Phi) is 3.95. The second-order valence-electron chi connectivity index (χ2n) is 6.56. The van der Waals surface area contributed by atoms with Gasteiger partial charge in [-0.2, -0.15) is 0 Å². The molecule has 5 rings (SSSR count). The number of anilines is 1. The van der Waals surface area contributed by atoms with Crippen molar-refractivity contribution in [2.24, 2.45) is 0 Å². The Morgan fingerprint density at radius 3 is 2.79 bits per heavy atom. The predicted octanol–water partition coefficient (Wildman–Crippen LogP) is 5.82. The zero-order valence-corrected chi connectivity index (χ0v) is 15.8. The van der Waals surface area contributed by atoms with Gasteiger partial charge in [-0.1, -0.05) is 24.3 Å². The minimum Gasteiger partial charge on any atom is -0.422 e. The Bertz CT molecular complexity index is 1380. The topological polar surface area (TPSA) is 55.1 Å². The number of rotatable bonds is 4. The van der Waals surface area contributed by atoms with Gasteiger partial charge in [0.2, 0.25) is 0 Å². The van der Waals surface area contributed by atoms with Gasteiger partial charge in [-0.3, -0.25) is 0 Å². The van der Waals surface area contributed by atoms with E-state index < -0.39 is 0 Å². The first kappa shape index (κ1) is 16.7. The molecule has 2 heterocycles. The average Bonchev–Trinajstić information content (AvgIpc) is 3.14. The van der Waals surface area contributed by atoms with E-state index in [1.165, 1.54) is 11.3 Å². The summed E-state index contributed by atoms with van der Waals surface area (Å²) in [5.74, 6) is 0. The standard InChI is InChI=1S/C23H16N2O2S/c1-2-9-24-17-8-7-14-10-16-12-18(23(26)27-20(16)13-15(14)11-17)22-25-19-5-3-4-6-21(19)28-22/h2-8,10-13,24H,1,9H2. The third kappa shape index (κ3) is 2.86. The summed E-state index contributed by atoms with van der Waals surface area (Å²) in [5.41, 5.74) is 2.59. The zero-order chi connectivity index (χ0) is 19.1. The molecule has 4 nitrogen and oxygen atoms in total. The highest BCUT2D eigenvalue weighted by atomic mass is 32.1. The predicted molar refractivity (Wildman–Crippen MR) is 117 cm³/mol. The Morgan fingerprint density at radius 1 is 1.04 bits per heavy atom. The van der Waals surface area contributed by atoms with E-state index in [4.69, 9.17) is 4.42 Å². The molecule has 1 N–H and O–H groups in total. The third-order valence-corrected chi connectivity index (χ3v) is 5.74. The maximum atomic E-state index is 12.6. The second kappa shape index (κ2) is 6.62. The van der Waals surface area contributed by atoms with Crippen LogP contribution in [0.2, 0.25) is 0 Å². The van der Waals surface area contributed by atoms with Crippen LogP contribution in [0, 0.1) is 0 Å². The lowest BCUT2D eigenvalue weighted by Gasteiger charge is -2.07. The van der Waals surface area contributed by atoms with Gasteiger partial charge in [0.1, 0.15) is 10.6 Å². The number of nitrogens with zero attached hydrogens (tertiary/aromatic N) is 1. The zero-order valence-electron chi connectivity index (χ0n) is 14.9. The third-order valence-electron chi connectivity index (χ3n) is 4.67. The van der Waals surface area contributed by atoms with E-state index in [1.807, 2.05) is 60.7 Å². The van der Waals surface area contributed by atoms with Crippen molar-refractivity contribution in [3.63, 3.8) is 0 Å². The van der Waals surface area contributed by atoms with E-state index in [-0.39, 0.29) is 5.63 Å². The van der Waals surface area contributed by atoms with E-state index in [1.54, 1.807) is 0 Å². The van der Waals surface area contributed by atoms with E-state index in [0.29, 0.717) is 22.7 Å². The van der Waals surface area contributed by atoms with E-state index in [2.05, 4.69) is 22.9 Å². The van der Waals surface area contributed by atoms with Crippen LogP contribution in [0.4, 0.5) is 5.69 Å². The minimum atomic E-state index is -0.369. The van der Waals surface area contributed by atoms with Crippen molar-refractivity contribution in [1.29, 1.82) is 0 Å². The summed E-state index contributed by atoms with van der Waals surface area (Å²) in [6, 6.07) is 19.8. The normalized spacial score (nSPS) is 11.3. The van der Waals surface area contributed by atoms with Crippen LogP contribution in [0.5, 0.6) is 0 Å². The lowest BCUT2D eigenvalue weighted by Crippen LogP contribution is -2.02. The van der Waals surface area contributed by atoms with Gasteiger partial charge in [-0.25, -0.2) is 9.78 Å². The van der Waals surface area contributed by atoms with Crippen LogP contribution in [-0.4, -0.2) is 11.5 Å². The molecule has 0 atom stereocenters. The number of para-hydroxylation sites is 1. The highest BCUT2D eigenvalue weighted by Crippen LogP contribution is 2.31. The Morgan fingerprint density at radius 2 is 1.93 bits per heavy atom. The van der Waals surface area contributed by atoms with E-state index in [9.17, 15) is 4.79 Å². The molecule has 0 saturated heterocycles. The molecule has 28 heavy (non-hydrogen) atoms. The molecular weight excluding hydrogens is 368 g/mol. The van der Waals surface area contributed by atoms with Gasteiger partial charge in [-0.05, 0) is 53.2 Å². The van der Waals surface area contributed by atoms with Crippen LogP contribution in [0.3, 0.4) is 0 Å². The number of benzene rings is 3. The van der Waals surface area contributed by atoms with Crippen LogP contribution in [-0.2, 0) is 0 Å². The molecule has 5 aromatic rings. The summed E-state index contributed by atoms with van der Waals surface area (Å²) in [4.78, 5) is 17.2. The monoisotopic (exact) mass is 384 g/mol. The molecule has 0 fully saturated rings. The van der Waals surface area contributed by atoms with Gasteiger partial charge in [0.05, 0.1) is 15.8 Å². The molecule has 0 radical (unpaired) electrons. The molecule has 0 saturated carbocycles. The molecule has 2 aromatic heterocycles. The number of nitrogens with one attached hydrogen (secondary N) is 1. The van der Waals surface area contributed by atoms with Gasteiger partial charge in [0.15, 0.2) is 0 Å². The van der Waals surface area contributed by atoms with E-state index >= 15 is 0 Å². The molecular formula is C23H16N2O2S. The maximum Gasteiger partial charge on any atom is 0.346 e. The first-order valence-electron chi connectivity index (χ1n) is 8.94. The molecule has 0 aliphatic heterocycles. The first-order chi connectivity index (χ1) is 13.7. The molecule has 136 valence electrons. The fourth-order valence-corrected chi connectivity index (χ4v) is 4.27. The van der Waals surface area contributed by atoms with E-state index in [0.717, 1.165) is 32.1 Å². The summed E-state index contributed by atoms with van der Waals surface area (Å²) in [6.07, 6.45) is 1.81. The lowest BCUT2D eigenvalue weighted by atomic mass is 10.1. The van der Waals surface area contributed by atoms with Gasteiger partial charge in [-0.15, -0.1) is 17.9 Å². The molecule has 0 aliphatic rings. The van der Waals surface area contributed by atoms with Crippen molar-refractivity contribution >= 4 is 49.0 Å². The summed E-state index contributed by atoms with van der Waals surface area (Å²) in [7, 11) is 0. The number of hydrogen-bond acceptors (Lipinski definition) is 5. The van der Waals surface area contributed by atoms with Crippen molar-refractivity contribution in [3.8, 4) is 10.6 Å². The molecule has 3 aromatic carbocycles. The van der Waals surface area contributed by atoms with Crippen LogP contribution in [0.1, 0.15) is 0 Å². The highest BCUT2D eigenvalue weighted by molar-refractivity contribution is 7.21. The van der Waals surface area contributed by atoms with Gasteiger partial charge >= 0.3 is 5.63 Å². The van der Waals surface area contributed by atoms with Gasteiger partial charge in [0.25, 0.3) is 0 Å². The van der Waals surface area contributed by atoms with Crippen LogP contribution in [0.25, 0.3) is 42.5 Å². The summed E-state index contributed by atoms with van der Waals surface area (Å²) in [5, 5.41) is 6.93. The SMILES string of the molecule is C=CCNc1ccc2cc3cc(-c4nc5ccccc5s4)c(=O)oc3cc2c1.